The molecule has 4 N–H and O–H groups in total. The van der Waals surface area contributed by atoms with E-state index in [0.29, 0.717) is 17.6 Å². The highest BCUT2D eigenvalue weighted by molar-refractivity contribution is 6.58. The van der Waals surface area contributed by atoms with E-state index in [4.69, 9.17) is 18.9 Å². The van der Waals surface area contributed by atoms with Gasteiger partial charge in [-0.2, -0.15) is 0 Å². The van der Waals surface area contributed by atoms with E-state index in [0.717, 1.165) is 22.3 Å². The number of hydrogen-bond donors (Lipinski definition) is 4. The second kappa shape index (κ2) is 14.1. The third kappa shape index (κ3) is 8.79. The zero-order chi connectivity index (χ0) is 29.4. The van der Waals surface area contributed by atoms with Crippen LogP contribution in [0.15, 0.2) is 72.8 Å². The van der Waals surface area contributed by atoms with Crippen molar-refractivity contribution in [3.8, 4) is 0 Å². The molecule has 0 bridgehead atoms. The van der Waals surface area contributed by atoms with Crippen molar-refractivity contribution in [2.24, 2.45) is 0 Å². The lowest BCUT2D eigenvalue weighted by molar-refractivity contribution is -0.378. The molecule has 2 amide bonds. The first-order chi connectivity index (χ1) is 19.7. The molecule has 1 saturated heterocycles. The SMILES string of the molecule is Cc1cc(B(O)O)ccc1[C@@H](C)COC(=O)Nc1cccc([C@@H](CC2OC(C)O2)NC(=O)OCc2ccccc2)c1. The van der Waals surface area contributed by atoms with Crippen LogP contribution in [0.2, 0.25) is 0 Å². The van der Waals surface area contributed by atoms with E-state index in [1.54, 1.807) is 43.3 Å². The Kier molecular flexibility index (Phi) is 10.4. The maximum Gasteiger partial charge on any atom is 0.488 e. The van der Waals surface area contributed by atoms with Gasteiger partial charge >= 0.3 is 19.3 Å². The molecular weight excluding hydrogens is 527 g/mol. The van der Waals surface area contributed by atoms with Crippen molar-refractivity contribution in [3.63, 3.8) is 0 Å². The lowest BCUT2D eigenvalue weighted by Gasteiger charge is -2.36. The number of nitrogens with one attached hydrogen (secondary N) is 2. The molecule has 11 heteroatoms. The first kappa shape index (κ1) is 30.1. The van der Waals surface area contributed by atoms with Crippen LogP contribution in [0.5, 0.6) is 0 Å². The van der Waals surface area contributed by atoms with Crippen LogP contribution in [0.3, 0.4) is 0 Å². The van der Waals surface area contributed by atoms with Crippen LogP contribution in [0.25, 0.3) is 0 Å². The van der Waals surface area contributed by atoms with Gasteiger partial charge in [-0.05, 0) is 53.7 Å². The molecule has 216 valence electrons. The van der Waals surface area contributed by atoms with Gasteiger partial charge in [-0.15, -0.1) is 0 Å². The summed E-state index contributed by atoms with van der Waals surface area (Å²) in [4.78, 5) is 25.2. The number of ether oxygens (including phenoxy) is 4. The summed E-state index contributed by atoms with van der Waals surface area (Å²) in [5, 5.41) is 24.3. The predicted octanol–water partition coefficient (Wildman–Crippen LogP) is 4.10. The van der Waals surface area contributed by atoms with Crippen molar-refractivity contribution in [1.29, 1.82) is 0 Å². The van der Waals surface area contributed by atoms with Crippen molar-refractivity contribution >= 4 is 30.5 Å². The summed E-state index contributed by atoms with van der Waals surface area (Å²) in [5.41, 5.74) is 4.29. The van der Waals surface area contributed by atoms with Gasteiger partial charge in [0.1, 0.15) is 6.61 Å². The van der Waals surface area contributed by atoms with Crippen molar-refractivity contribution in [2.75, 3.05) is 11.9 Å². The van der Waals surface area contributed by atoms with Crippen molar-refractivity contribution in [3.05, 3.63) is 95.1 Å². The topological polar surface area (TPSA) is 136 Å². The number of carbonyl (C=O) groups is 2. The highest BCUT2D eigenvalue weighted by Crippen LogP contribution is 2.29. The number of amides is 2. The third-order valence-electron chi connectivity index (χ3n) is 6.74. The smallest absolute Gasteiger partial charge is 0.449 e. The van der Waals surface area contributed by atoms with Crippen molar-refractivity contribution in [1.82, 2.24) is 5.32 Å². The van der Waals surface area contributed by atoms with Gasteiger partial charge in [0.15, 0.2) is 12.6 Å². The molecule has 1 aliphatic rings. The molecule has 0 aromatic heterocycles. The summed E-state index contributed by atoms with van der Waals surface area (Å²) in [6, 6.07) is 21.1. The fourth-order valence-electron chi connectivity index (χ4n) is 4.62. The second-order valence-electron chi connectivity index (χ2n) is 10.0. The Morgan fingerprint density at radius 2 is 1.73 bits per heavy atom. The molecule has 1 fully saturated rings. The van der Waals surface area contributed by atoms with E-state index in [9.17, 15) is 19.6 Å². The number of anilines is 1. The van der Waals surface area contributed by atoms with Crippen LogP contribution in [-0.4, -0.2) is 48.5 Å². The van der Waals surface area contributed by atoms with E-state index >= 15 is 0 Å². The molecule has 0 unspecified atom stereocenters. The Balaban J connectivity index is 1.35. The largest absolute Gasteiger partial charge is 0.488 e. The molecule has 0 aliphatic carbocycles. The number of hydrogen-bond acceptors (Lipinski definition) is 8. The average molecular weight is 562 g/mol. The summed E-state index contributed by atoms with van der Waals surface area (Å²) in [7, 11) is -1.54. The molecule has 3 aromatic carbocycles. The lowest BCUT2D eigenvalue weighted by atomic mass is 9.78. The Labute approximate surface area is 239 Å². The second-order valence-corrected chi connectivity index (χ2v) is 10.0. The minimum Gasteiger partial charge on any atom is -0.449 e. The van der Waals surface area contributed by atoms with Crippen LogP contribution in [0.4, 0.5) is 15.3 Å². The van der Waals surface area contributed by atoms with E-state index in [1.807, 2.05) is 50.2 Å². The third-order valence-corrected chi connectivity index (χ3v) is 6.74. The Morgan fingerprint density at radius 1 is 0.976 bits per heavy atom. The van der Waals surface area contributed by atoms with Gasteiger partial charge in [0.2, 0.25) is 0 Å². The molecular formula is C30H35BN2O8. The highest BCUT2D eigenvalue weighted by atomic mass is 16.9. The number of benzene rings is 3. The molecule has 41 heavy (non-hydrogen) atoms. The van der Waals surface area contributed by atoms with Crippen LogP contribution < -0.4 is 16.1 Å². The fraction of sp³-hybridized carbons (Fsp3) is 0.333. The molecule has 4 rings (SSSR count). The first-order valence-corrected chi connectivity index (χ1v) is 13.5. The van der Waals surface area contributed by atoms with Gasteiger partial charge in [0, 0.05) is 18.0 Å². The highest BCUT2D eigenvalue weighted by Gasteiger charge is 2.31. The van der Waals surface area contributed by atoms with Gasteiger partial charge < -0.3 is 34.3 Å². The van der Waals surface area contributed by atoms with Gasteiger partial charge in [-0.1, -0.05) is 67.6 Å². The summed E-state index contributed by atoms with van der Waals surface area (Å²) < 4.78 is 22.0. The molecule has 0 radical (unpaired) electrons. The molecule has 3 aromatic rings. The molecule has 0 spiro atoms. The average Bonchev–Trinajstić information content (AvgIpc) is 2.94. The van der Waals surface area contributed by atoms with E-state index in [2.05, 4.69) is 10.6 Å². The van der Waals surface area contributed by atoms with E-state index in [-0.39, 0.29) is 25.4 Å². The fourth-order valence-corrected chi connectivity index (χ4v) is 4.62. The van der Waals surface area contributed by atoms with Crippen LogP contribution in [0.1, 0.15) is 54.5 Å². The van der Waals surface area contributed by atoms with E-state index < -0.39 is 31.6 Å². The summed E-state index contributed by atoms with van der Waals surface area (Å²) in [5.74, 6) is -0.114. The first-order valence-electron chi connectivity index (χ1n) is 13.5. The zero-order valence-electron chi connectivity index (χ0n) is 23.3. The Morgan fingerprint density at radius 3 is 2.41 bits per heavy atom. The summed E-state index contributed by atoms with van der Waals surface area (Å²) >= 11 is 0. The van der Waals surface area contributed by atoms with Crippen LogP contribution in [0, 0.1) is 6.92 Å². The Hall–Kier alpha value is -3.90. The quantitative estimate of drug-likeness (QED) is 0.257. The van der Waals surface area contributed by atoms with Crippen molar-refractivity contribution < 1.29 is 38.6 Å². The lowest BCUT2D eigenvalue weighted by Crippen LogP contribution is -2.42. The van der Waals surface area contributed by atoms with Gasteiger partial charge in [-0.25, -0.2) is 9.59 Å². The number of aryl methyl sites for hydroxylation is 1. The maximum absolute atomic E-state index is 12.6. The minimum absolute atomic E-state index is 0.114. The zero-order valence-corrected chi connectivity index (χ0v) is 23.3. The maximum atomic E-state index is 12.6. The number of rotatable bonds is 11. The summed E-state index contributed by atoms with van der Waals surface area (Å²) in [6.07, 6.45) is -1.65. The normalized spacial score (nSPS) is 17.5. The molecule has 1 aliphatic heterocycles. The van der Waals surface area contributed by atoms with Crippen LogP contribution in [-0.2, 0) is 25.6 Å². The van der Waals surface area contributed by atoms with Gasteiger partial charge in [0.25, 0.3) is 0 Å². The van der Waals surface area contributed by atoms with Crippen molar-refractivity contribution in [2.45, 2.75) is 58.3 Å². The van der Waals surface area contributed by atoms with E-state index in [1.165, 1.54) is 0 Å². The summed E-state index contributed by atoms with van der Waals surface area (Å²) in [6.45, 7) is 5.83. The monoisotopic (exact) mass is 562 g/mol. The Bertz CT molecular complexity index is 1320. The molecule has 2 atom stereocenters. The molecule has 0 saturated carbocycles. The minimum atomic E-state index is -1.54. The van der Waals surface area contributed by atoms with Crippen LogP contribution >= 0.6 is 0 Å². The number of alkyl carbamates (subject to hydrolysis) is 1. The number of carbonyl (C=O) groups excluding carboxylic acids is 2. The predicted molar refractivity (Wildman–Crippen MR) is 153 cm³/mol. The molecule has 1 heterocycles. The van der Waals surface area contributed by atoms with Gasteiger partial charge in [-0.3, -0.25) is 5.32 Å². The standard InChI is InChI=1S/C30H35BN2O8/c1-19-14-24(31(36)37)12-13-26(19)20(2)17-38-29(34)32-25-11-7-10-23(15-25)27(16-28-40-21(3)41-28)33-30(35)39-18-22-8-5-4-6-9-22/h4-15,20-21,27-28,36-37H,16-18H2,1-3H3,(H,32,34)(H,33,35)/t20-,21?,27+,28?/m0/s1. The molecule has 10 nitrogen and oxygen atoms in total. The van der Waals surface area contributed by atoms with Gasteiger partial charge in [0.05, 0.1) is 12.6 Å².